The van der Waals surface area contributed by atoms with Crippen LogP contribution in [0.1, 0.15) is 13.3 Å². The van der Waals surface area contributed by atoms with E-state index in [0.717, 1.165) is 19.8 Å². The van der Waals surface area contributed by atoms with Gasteiger partial charge in [-0.3, -0.25) is 9.80 Å². The second-order valence-electron chi connectivity index (χ2n) is 3.59. The molecule has 0 radical (unpaired) electrons. The van der Waals surface area contributed by atoms with Crippen LogP contribution in [0.15, 0.2) is 0 Å². The van der Waals surface area contributed by atoms with Gasteiger partial charge < -0.3 is 5.32 Å². The highest BCUT2D eigenvalue weighted by Gasteiger charge is 2.10. The van der Waals surface area contributed by atoms with Crippen molar-refractivity contribution in [3.05, 3.63) is 0 Å². The molecule has 0 atom stereocenters. The van der Waals surface area contributed by atoms with Crippen LogP contribution in [-0.4, -0.2) is 56.2 Å². The maximum Gasteiger partial charge on any atom is 0.0504 e. The van der Waals surface area contributed by atoms with E-state index in [1.165, 1.54) is 26.1 Å². The van der Waals surface area contributed by atoms with E-state index in [1.807, 2.05) is 0 Å². The predicted molar refractivity (Wildman–Crippen MR) is 52.2 cm³/mol. The summed E-state index contributed by atoms with van der Waals surface area (Å²) in [6.45, 7) is 9.29. The van der Waals surface area contributed by atoms with Crippen LogP contribution in [0.2, 0.25) is 0 Å². The first-order valence-corrected chi connectivity index (χ1v) is 4.94. The van der Waals surface area contributed by atoms with Crippen LogP contribution < -0.4 is 5.32 Å². The topological polar surface area (TPSA) is 18.5 Å². The monoisotopic (exact) mass is 171 g/mol. The minimum atomic E-state index is 1.13. The van der Waals surface area contributed by atoms with Crippen molar-refractivity contribution < 1.29 is 0 Å². The lowest BCUT2D eigenvalue weighted by atomic mass is 10.4. The van der Waals surface area contributed by atoms with E-state index in [1.54, 1.807) is 0 Å². The summed E-state index contributed by atoms with van der Waals surface area (Å²) in [6, 6.07) is 0. The molecule has 0 unspecified atom stereocenters. The summed E-state index contributed by atoms with van der Waals surface area (Å²) in [7, 11) is 2.20. The first-order chi connectivity index (χ1) is 5.83. The van der Waals surface area contributed by atoms with Gasteiger partial charge in [0.25, 0.3) is 0 Å². The molecule has 12 heavy (non-hydrogen) atoms. The average molecular weight is 171 g/mol. The van der Waals surface area contributed by atoms with Gasteiger partial charge in [-0.2, -0.15) is 0 Å². The number of hydrogen-bond donors (Lipinski definition) is 1. The highest BCUT2D eigenvalue weighted by atomic mass is 15.3. The van der Waals surface area contributed by atoms with Crippen molar-refractivity contribution in [2.75, 3.05) is 46.4 Å². The van der Waals surface area contributed by atoms with Gasteiger partial charge in [-0.05, 0) is 20.0 Å². The second kappa shape index (κ2) is 5.51. The Bertz CT molecular complexity index is 110. The molecule has 0 spiro atoms. The molecule has 3 heteroatoms. The van der Waals surface area contributed by atoms with Crippen molar-refractivity contribution in [3.8, 4) is 0 Å². The van der Waals surface area contributed by atoms with Gasteiger partial charge in [0, 0.05) is 26.2 Å². The zero-order valence-electron chi connectivity index (χ0n) is 8.34. The second-order valence-corrected chi connectivity index (χ2v) is 3.59. The van der Waals surface area contributed by atoms with Crippen LogP contribution in [-0.2, 0) is 0 Å². The molecule has 1 saturated heterocycles. The summed E-state index contributed by atoms with van der Waals surface area (Å²) < 4.78 is 0. The highest BCUT2D eigenvalue weighted by molar-refractivity contribution is 4.66. The molecule has 0 aromatic carbocycles. The maximum absolute atomic E-state index is 3.36. The smallest absolute Gasteiger partial charge is 0.0504 e. The Kier molecular flexibility index (Phi) is 4.58. The van der Waals surface area contributed by atoms with Crippen molar-refractivity contribution in [2.24, 2.45) is 0 Å². The van der Waals surface area contributed by atoms with Gasteiger partial charge in [0.2, 0.25) is 0 Å². The van der Waals surface area contributed by atoms with Crippen molar-refractivity contribution >= 4 is 0 Å². The molecule has 0 aromatic heterocycles. The third-order valence-corrected chi connectivity index (χ3v) is 2.26. The standard InChI is InChI=1S/C9H21N3/c1-3-6-11(2)9-12-7-4-10-5-8-12/h10H,3-9H2,1-2H3. The fraction of sp³-hybridized carbons (Fsp3) is 1.00. The van der Waals surface area contributed by atoms with Crippen LogP contribution in [0.25, 0.3) is 0 Å². The Balaban J connectivity index is 2.11. The van der Waals surface area contributed by atoms with E-state index < -0.39 is 0 Å². The Morgan fingerprint density at radius 3 is 2.58 bits per heavy atom. The molecular weight excluding hydrogens is 150 g/mol. The van der Waals surface area contributed by atoms with Gasteiger partial charge in [-0.15, -0.1) is 0 Å². The molecule has 0 aliphatic carbocycles. The first kappa shape index (κ1) is 9.96. The number of nitrogens with zero attached hydrogens (tertiary/aromatic N) is 2. The quantitative estimate of drug-likeness (QED) is 0.651. The van der Waals surface area contributed by atoms with E-state index >= 15 is 0 Å². The summed E-state index contributed by atoms with van der Waals surface area (Å²) in [5.74, 6) is 0. The van der Waals surface area contributed by atoms with Crippen LogP contribution in [0.5, 0.6) is 0 Å². The molecule has 3 nitrogen and oxygen atoms in total. The predicted octanol–water partition coefficient (Wildman–Crippen LogP) is 0.191. The fourth-order valence-electron chi connectivity index (χ4n) is 1.65. The summed E-state index contributed by atoms with van der Waals surface area (Å²) in [5, 5.41) is 3.36. The van der Waals surface area contributed by atoms with Crippen molar-refractivity contribution in [1.29, 1.82) is 0 Å². The number of nitrogens with one attached hydrogen (secondary N) is 1. The number of piperazine rings is 1. The number of hydrogen-bond acceptors (Lipinski definition) is 3. The van der Waals surface area contributed by atoms with Gasteiger partial charge in [-0.1, -0.05) is 6.92 Å². The van der Waals surface area contributed by atoms with E-state index in [2.05, 4.69) is 29.1 Å². The van der Waals surface area contributed by atoms with Crippen LogP contribution in [0, 0.1) is 0 Å². The molecule has 0 amide bonds. The summed E-state index contributed by atoms with van der Waals surface area (Å²) in [4.78, 5) is 4.90. The van der Waals surface area contributed by atoms with Crippen LogP contribution in [0.3, 0.4) is 0 Å². The molecule has 1 heterocycles. The average Bonchev–Trinajstić information content (AvgIpc) is 2.06. The normalized spacial score (nSPS) is 20.2. The molecule has 0 aromatic rings. The first-order valence-electron chi connectivity index (χ1n) is 4.94. The molecule has 0 saturated carbocycles. The lowest BCUT2D eigenvalue weighted by Gasteiger charge is -2.31. The van der Waals surface area contributed by atoms with E-state index in [-0.39, 0.29) is 0 Å². The van der Waals surface area contributed by atoms with Gasteiger partial charge in [0.1, 0.15) is 0 Å². The summed E-state index contributed by atoms with van der Waals surface area (Å²) in [6.07, 6.45) is 1.25. The fourth-order valence-corrected chi connectivity index (χ4v) is 1.65. The molecule has 1 rings (SSSR count). The zero-order chi connectivity index (χ0) is 8.81. The largest absolute Gasteiger partial charge is 0.314 e. The molecule has 72 valence electrons. The lowest BCUT2D eigenvalue weighted by molar-refractivity contribution is 0.140. The molecule has 1 aliphatic rings. The Hall–Kier alpha value is -0.120. The molecule has 1 aliphatic heterocycles. The van der Waals surface area contributed by atoms with Crippen molar-refractivity contribution in [3.63, 3.8) is 0 Å². The summed E-state index contributed by atoms with van der Waals surface area (Å²) >= 11 is 0. The summed E-state index contributed by atoms with van der Waals surface area (Å²) in [5.41, 5.74) is 0. The van der Waals surface area contributed by atoms with E-state index in [4.69, 9.17) is 0 Å². The minimum Gasteiger partial charge on any atom is -0.314 e. The van der Waals surface area contributed by atoms with Gasteiger partial charge in [-0.25, -0.2) is 0 Å². The maximum atomic E-state index is 3.36. The van der Waals surface area contributed by atoms with Gasteiger partial charge in [0.05, 0.1) is 6.67 Å². The van der Waals surface area contributed by atoms with Crippen molar-refractivity contribution in [1.82, 2.24) is 15.1 Å². The molecule has 1 N–H and O–H groups in total. The molecule has 1 fully saturated rings. The SMILES string of the molecule is CCCN(C)CN1CCNCC1. The van der Waals surface area contributed by atoms with E-state index in [0.29, 0.717) is 0 Å². The molecule has 0 bridgehead atoms. The third-order valence-electron chi connectivity index (χ3n) is 2.26. The van der Waals surface area contributed by atoms with Gasteiger partial charge >= 0.3 is 0 Å². The number of rotatable bonds is 4. The van der Waals surface area contributed by atoms with Crippen LogP contribution >= 0.6 is 0 Å². The Morgan fingerprint density at radius 2 is 2.00 bits per heavy atom. The van der Waals surface area contributed by atoms with E-state index in [9.17, 15) is 0 Å². The Labute approximate surface area is 75.7 Å². The van der Waals surface area contributed by atoms with Crippen LogP contribution in [0.4, 0.5) is 0 Å². The van der Waals surface area contributed by atoms with Gasteiger partial charge in [0.15, 0.2) is 0 Å². The Morgan fingerprint density at radius 1 is 1.33 bits per heavy atom. The lowest BCUT2D eigenvalue weighted by Crippen LogP contribution is -2.47. The highest BCUT2D eigenvalue weighted by Crippen LogP contribution is 1.95. The minimum absolute atomic E-state index is 1.13. The van der Waals surface area contributed by atoms with Crippen molar-refractivity contribution in [2.45, 2.75) is 13.3 Å². The molecular formula is C9H21N3. The zero-order valence-corrected chi connectivity index (χ0v) is 8.34. The third kappa shape index (κ3) is 3.52.